The highest BCUT2D eigenvalue weighted by molar-refractivity contribution is 6.01. The number of methoxy groups -OCH3 is 1. The van der Waals surface area contributed by atoms with Crippen LogP contribution >= 0.6 is 0 Å². The molecular weight excluding hydrogens is 573 g/mol. The van der Waals surface area contributed by atoms with E-state index in [9.17, 15) is 19.7 Å². The molecule has 45 heavy (non-hydrogen) atoms. The van der Waals surface area contributed by atoms with Crippen molar-refractivity contribution < 1.29 is 13.9 Å². The number of nitriles is 2. The van der Waals surface area contributed by atoms with Crippen molar-refractivity contribution in [3.63, 3.8) is 0 Å². The van der Waals surface area contributed by atoms with Crippen molar-refractivity contribution in [2.75, 3.05) is 17.3 Å². The Bertz CT molecular complexity index is 1900. The zero-order valence-corrected chi connectivity index (χ0v) is 26.1. The fourth-order valence-corrected chi connectivity index (χ4v) is 6.25. The first kappa shape index (κ1) is 29.9. The normalized spacial score (nSPS) is 19.8. The van der Waals surface area contributed by atoms with Crippen LogP contribution in [-0.2, 0) is 10.3 Å². The standard InChI is InChI=1S/C33H34FN9O2/c1-18-24(7-8-27(34)38-18)30(26-17-42(41-40-26)33-11-20(12-33)13-33)43(31(44)45-6)23-9-21(14-35)28-25(10-23)29(22(15-36)16-37-28)39-19(2)32(3,4)5/h7-10,16-17,19-20,30H,11-13H2,1-6H3,(H,37,39)/t19-,20?,30+,33?/m1/s1. The number of hydrogen-bond acceptors (Lipinski definition) is 9. The zero-order chi connectivity index (χ0) is 32.3. The van der Waals surface area contributed by atoms with Crippen LogP contribution < -0.4 is 10.2 Å². The van der Waals surface area contributed by atoms with E-state index in [1.54, 1.807) is 25.1 Å². The third kappa shape index (κ3) is 5.00. The minimum absolute atomic E-state index is 0.0622. The predicted molar refractivity (Wildman–Crippen MR) is 165 cm³/mol. The summed E-state index contributed by atoms with van der Waals surface area (Å²) in [7, 11) is 1.26. The Kier molecular flexibility index (Phi) is 7.19. The van der Waals surface area contributed by atoms with Gasteiger partial charge in [-0.05, 0) is 62.6 Å². The molecule has 0 saturated heterocycles. The van der Waals surface area contributed by atoms with E-state index in [-0.39, 0.29) is 22.6 Å². The number of amides is 1. The molecule has 3 fully saturated rings. The monoisotopic (exact) mass is 607 g/mol. The SMILES string of the molecule is COC(=O)N(c1cc(C#N)c2ncc(C#N)c(N[C@H](C)C(C)(C)C)c2c1)[C@H](c1cn(C23CC(C2)C3)nn1)c1ccc(F)nc1C. The van der Waals surface area contributed by atoms with Gasteiger partial charge in [-0.15, -0.1) is 5.10 Å². The Morgan fingerprint density at radius 2 is 1.91 bits per heavy atom. The van der Waals surface area contributed by atoms with E-state index in [0.29, 0.717) is 50.7 Å². The second-order valence-electron chi connectivity index (χ2n) is 13.2. The fourth-order valence-electron chi connectivity index (χ4n) is 6.25. The number of fused-ring (bicyclic) bond motifs is 1. The number of ether oxygens (including phenoxy) is 1. The summed E-state index contributed by atoms with van der Waals surface area (Å²) in [6.07, 6.45) is 5.63. The second kappa shape index (κ2) is 10.8. The van der Waals surface area contributed by atoms with Gasteiger partial charge >= 0.3 is 6.09 Å². The average molecular weight is 608 g/mol. The van der Waals surface area contributed by atoms with Gasteiger partial charge in [-0.3, -0.25) is 9.88 Å². The number of aromatic nitrogens is 5. The third-order valence-electron chi connectivity index (χ3n) is 9.44. The number of nitrogens with one attached hydrogen (secondary N) is 1. The lowest BCUT2D eigenvalue weighted by atomic mass is 9.50. The van der Waals surface area contributed by atoms with Gasteiger partial charge in [0.05, 0.1) is 46.9 Å². The maximum absolute atomic E-state index is 14.2. The molecule has 2 bridgehead atoms. The Labute approximate surface area is 260 Å². The van der Waals surface area contributed by atoms with Crippen molar-refractivity contribution >= 4 is 28.4 Å². The topological polar surface area (TPSA) is 146 Å². The molecule has 2 atom stereocenters. The van der Waals surface area contributed by atoms with Crippen molar-refractivity contribution in [3.05, 3.63) is 70.7 Å². The number of anilines is 2. The smallest absolute Gasteiger partial charge is 0.414 e. The van der Waals surface area contributed by atoms with E-state index in [0.717, 1.165) is 19.3 Å². The molecule has 1 aromatic carbocycles. The third-order valence-corrected chi connectivity index (χ3v) is 9.44. The van der Waals surface area contributed by atoms with Gasteiger partial charge in [0.15, 0.2) is 0 Å². The number of carbonyl (C=O) groups excluding carboxylic acids is 1. The first-order chi connectivity index (χ1) is 21.4. The van der Waals surface area contributed by atoms with Crippen molar-refractivity contribution in [2.24, 2.45) is 11.3 Å². The fraction of sp³-hybridized carbons (Fsp3) is 0.424. The lowest BCUT2D eigenvalue weighted by Crippen LogP contribution is -2.59. The second-order valence-corrected chi connectivity index (χ2v) is 13.2. The summed E-state index contributed by atoms with van der Waals surface area (Å²) in [6, 6.07) is 9.47. The van der Waals surface area contributed by atoms with Crippen molar-refractivity contribution in [1.82, 2.24) is 25.0 Å². The molecule has 230 valence electrons. The summed E-state index contributed by atoms with van der Waals surface area (Å²) >= 11 is 0. The molecule has 0 spiro atoms. The van der Waals surface area contributed by atoms with Crippen LogP contribution in [0.5, 0.6) is 0 Å². The lowest BCUT2D eigenvalue weighted by molar-refractivity contribution is -0.0989. The van der Waals surface area contributed by atoms with Crippen molar-refractivity contribution in [1.29, 1.82) is 10.5 Å². The van der Waals surface area contributed by atoms with E-state index < -0.39 is 18.1 Å². The van der Waals surface area contributed by atoms with Crippen LogP contribution in [0.25, 0.3) is 10.9 Å². The van der Waals surface area contributed by atoms with Crippen LogP contribution in [0, 0.1) is 46.9 Å². The first-order valence-electron chi connectivity index (χ1n) is 14.9. The summed E-state index contributed by atoms with van der Waals surface area (Å²) in [4.78, 5) is 23.7. The summed E-state index contributed by atoms with van der Waals surface area (Å²) in [5, 5.41) is 33.2. The molecule has 3 aromatic heterocycles. The lowest BCUT2D eigenvalue weighted by Gasteiger charge is -2.61. The van der Waals surface area contributed by atoms with Gasteiger partial charge < -0.3 is 10.1 Å². The van der Waals surface area contributed by atoms with E-state index in [2.05, 4.69) is 58.5 Å². The number of halogens is 1. The Morgan fingerprint density at radius 1 is 1.20 bits per heavy atom. The van der Waals surface area contributed by atoms with Crippen LogP contribution in [-0.4, -0.2) is 44.2 Å². The summed E-state index contributed by atoms with van der Waals surface area (Å²) in [6.45, 7) is 9.91. The zero-order valence-electron chi connectivity index (χ0n) is 26.1. The van der Waals surface area contributed by atoms with Gasteiger partial charge in [0.25, 0.3) is 0 Å². The van der Waals surface area contributed by atoms with Gasteiger partial charge in [0.2, 0.25) is 5.95 Å². The Hall–Kier alpha value is -5.10. The number of pyridine rings is 2. The van der Waals surface area contributed by atoms with E-state index in [1.807, 2.05) is 17.8 Å². The van der Waals surface area contributed by atoms with Crippen molar-refractivity contribution in [3.8, 4) is 12.1 Å². The molecule has 7 rings (SSSR count). The number of rotatable bonds is 7. The quantitative estimate of drug-likeness (QED) is 0.245. The van der Waals surface area contributed by atoms with Crippen LogP contribution in [0.1, 0.15) is 81.1 Å². The first-order valence-corrected chi connectivity index (χ1v) is 14.9. The van der Waals surface area contributed by atoms with Gasteiger partial charge in [0.1, 0.15) is 23.9 Å². The molecule has 3 aliphatic rings. The predicted octanol–water partition coefficient (Wildman–Crippen LogP) is 6.13. The highest BCUT2D eigenvalue weighted by Gasteiger charge is 2.59. The molecule has 3 heterocycles. The number of nitrogens with zero attached hydrogens (tertiary/aromatic N) is 8. The molecule has 11 nitrogen and oxygen atoms in total. The maximum atomic E-state index is 14.2. The number of benzene rings is 1. The molecular formula is C33H34FN9O2. The van der Waals surface area contributed by atoms with Gasteiger partial charge in [-0.1, -0.05) is 32.1 Å². The Morgan fingerprint density at radius 3 is 2.49 bits per heavy atom. The molecule has 3 saturated carbocycles. The minimum atomic E-state index is -0.937. The largest absolute Gasteiger partial charge is 0.452 e. The minimum Gasteiger partial charge on any atom is -0.452 e. The van der Waals surface area contributed by atoms with Gasteiger partial charge in [-0.25, -0.2) is 14.5 Å². The van der Waals surface area contributed by atoms with E-state index >= 15 is 0 Å². The molecule has 12 heteroatoms. The molecule has 0 aliphatic heterocycles. The van der Waals surface area contributed by atoms with Crippen LogP contribution in [0.3, 0.4) is 0 Å². The highest BCUT2D eigenvalue weighted by Crippen LogP contribution is 2.62. The molecule has 1 amide bonds. The average Bonchev–Trinajstić information content (AvgIpc) is 3.42. The molecule has 0 radical (unpaired) electrons. The van der Waals surface area contributed by atoms with Gasteiger partial charge in [0, 0.05) is 28.9 Å². The summed E-state index contributed by atoms with van der Waals surface area (Å²) in [5.74, 6) is 0.0506. The number of carbonyl (C=O) groups is 1. The van der Waals surface area contributed by atoms with Crippen LogP contribution in [0.15, 0.2) is 36.7 Å². The highest BCUT2D eigenvalue weighted by atomic mass is 19.1. The Balaban J connectivity index is 1.58. The molecule has 1 N–H and O–H groups in total. The summed E-state index contributed by atoms with van der Waals surface area (Å²) < 4.78 is 21.4. The van der Waals surface area contributed by atoms with Gasteiger partial charge in [-0.2, -0.15) is 14.9 Å². The number of hydrogen-bond donors (Lipinski definition) is 1. The molecule has 4 aromatic rings. The van der Waals surface area contributed by atoms with Crippen LogP contribution in [0.4, 0.5) is 20.6 Å². The molecule has 3 aliphatic carbocycles. The summed E-state index contributed by atoms with van der Waals surface area (Å²) in [5.41, 5.74) is 2.72. The van der Waals surface area contributed by atoms with E-state index in [4.69, 9.17) is 4.74 Å². The van der Waals surface area contributed by atoms with Crippen molar-refractivity contribution in [2.45, 2.75) is 71.5 Å². The van der Waals surface area contributed by atoms with E-state index in [1.165, 1.54) is 24.3 Å². The number of aryl methyl sites for hydroxylation is 1. The maximum Gasteiger partial charge on any atom is 0.414 e. The van der Waals surface area contributed by atoms with Crippen LogP contribution in [0.2, 0.25) is 0 Å². The molecule has 0 unspecified atom stereocenters.